The van der Waals surface area contributed by atoms with Crippen LogP contribution in [0.5, 0.6) is 11.6 Å². The highest BCUT2D eigenvalue weighted by molar-refractivity contribution is 5.92. The summed E-state index contributed by atoms with van der Waals surface area (Å²) in [5, 5.41) is 20.2. The molecule has 1 aromatic carbocycles. The van der Waals surface area contributed by atoms with Gasteiger partial charge in [0.2, 0.25) is 5.88 Å². The molecule has 2 aromatic heterocycles. The number of benzene rings is 1. The van der Waals surface area contributed by atoms with E-state index in [1.807, 2.05) is 6.07 Å². The molecule has 0 bridgehead atoms. The highest BCUT2D eigenvalue weighted by atomic mass is 16.6. The Morgan fingerprint density at radius 1 is 1.18 bits per heavy atom. The van der Waals surface area contributed by atoms with Crippen LogP contribution in [-0.4, -0.2) is 19.9 Å². The molecule has 2 heterocycles. The Balaban J connectivity index is 2.06. The van der Waals surface area contributed by atoms with Crippen LogP contribution < -0.4 is 4.74 Å². The van der Waals surface area contributed by atoms with Crippen molar-refractivity contribution in [3.05, 3.63) is 58.7 Å². The average Bonchev–Trinajstić information content (AvgIpc) is 2.55. The summed E-state index contributed by atoms with van der Waals surface area (Å²) < 4.78 is 5.58. The van der Waals surface area contributed by atoms with Gasteiger partial charge in [-0.25, -0.2) is 15.0 Å². The van der Waals surface area contributed by atoms with Gasteiger partial charge >= 0.3 is 0 Å². The summed E-state index contributed by atoms with van der Waals surface area (Å²) in [7, 11) is 0. The Morgan fingerprint density at radius 2 is 2.05 bits per heavy atom. The van der Waals surface area contributed by atoms with Crippen LogP contribution in [0.15, 0.2) is 42.9 Å². The molecule has 3 rings (SSSR count). The van der Waals surface area contributed by atoms with E-state index in [2.05, 4.69) is 15.0 Å². The minimum atomic E-state index is -0.499. The molecule has 22 heavy (non-hydrogen) atoms. The van der Waals surface area contributed by atoms with Gasteiger partial charge in [-0.2, -0.15) is 5.26 Å². The third-order valence-electron chi connectivity index (χ3n) is 2.86. The van der Waals surface area contributed by atoms with E-state index in [-0.39, 0.29) is 22.8 Å². The smallest absolute Gasteiger partial charge is 0.295 e. The fourth-order valence-corrected chi connectivity index (χ4v) is 1.91. The highest BCUT2D eigenvalue weighted by Gasteiger charge is 2.16. The molecule has 0 saturated heterocycles. The lowest BCUT2D eigenvalue weighted by Gasteiger charge is -2.07. The molecule has 0 aliphatic rings. The number of nitro groups is 1. The third-order valence-corrected chi connectivity index (χ3v) is 2.86. The monoisotopic (exact) mass is 293 g/mol. The maximum atomic E-state index is 11.0. The summed E-state index contributed by atoms with van der Waals surface area (Å²) >= 11 is 0. The number of nitro benzene ring substituents is 1. The van der Waals surface area contributed by atoms with E-state index >= 15 is 0 Å². The second-order valence-electron chi connectivity index (χ2n) is 4.19. The van der Waals surface area contributed by atoms with Crippen LogP contribution >= 0.6 is 0 Å². The average molecular weight is 293 g/mol. The molecular formula is C14H7N5O3. The molecule has 106 valence electrons. The first-order chi connectivity index (χ1) is 10.7. The molecule has 0 atom stereocenters. The maximum absolute atomic E-state index is 11.0. The summed E-state index contributed by atoms with van der Waals surface area (Å²) in [6.07, 6.45) is 4.06. The minimum Gasteiger partial charge on any atom is -0.437 e. The van der Waals surface area contributed by atoms with Crippen molar-refractivity contribution in [2.45, 2.75) is 0 Å². The number of hydrogen-bond acceptors (Lipinski definition) is 7. The van der Waals surface area contributed by atoms with Crippen molar-refractivity contribution < 1.29 is 9.66 Å². The maximum Gasteiger partial charge on any atom is 0.295 e. The van der Waals surface area contributed by atoms with Crippen LogP contribution in [0.3, 0.4) is 0 Å². The van der Waals surface area contributed by atoms with Crippen molar-refractivity contribution in [3.8, 4) is 17.7 Å². The number of hydrogen-bond donors (Lipinski definition) is 0. The van der Waals surface area contributed by atoms with Gasteiger partial charge in [0, 0.05) is 12.3 Å². The predicted molar refractivity (Wildman–Crippen MR) is 75.2 cm³/mol. The number of pyridine rings is 1. The van der Waals surface area contributed by atoms with E-state index in [1.165, 1.54) is 30.7 Å². The number of fused-ring (bicyclic) bond motifs is 1. The first kappa shape index (κ1) is 13.4. The zero-order valence-electron chi connectivity index (χ0n) is 11.0. The molecule has 0 aliphatic carbocycles. The van der Waals surface area contributed by atoms with Gasteiger partial charge in [-0.05, 0) is 18.2 Å². The van der Waals surface area contributed by atoms with E-state index < -0.39 is 4.92 Å². The first-order valence-electron chi connectivity index (χ1n) is 6.11. The lowest BCUT2D eigenvalue weighted by Crippen LogP contribution is -1.95. The van der Waals surface area contributed by atoms with Crippen molar-refractivity contribution in [1.29, 1.82) is 5.26 Å². The first-order valence-corrected chi connectivity index (χ1v) is 6.11. The van der Waals surface area contributed by atoms with Crippen molar-refractivity contribution in [1.82, 2.24) is 15.0 Å². The number of nitriles is 1. The minimum absolute atomic E-state index is 0.103. The molecule has 0 aliphatic heterocycles. The van der Waals surface area contributed by atoms with Crippen LogP contribution in [-0.2, 0) is 0 Å². The van der Waals surface area contributed by atoms with Gasteiger partial charge in [0.25, 0.3) is 5.69 Å². The molecule has 8 heteroatoms. The van der Waals surface area contributed by atoms with Crippen LogP contribution in [0, 0.1) is 21.4 Å². The van der Waals surface area contributed by atoms with Gasteiger partial charge < -0.3 is 4.74 Å². The lowest BCUT2D eigenvalue weighted by atomic mass is 10.2. The number of aromatic nitrogens is 3. The van der Waals surface area contributed by atoms with Crippen LogP contribution in [0.25, 0.3) is 10.9 Å². The number of nitrogens with zero attached hydrogens (tertiary/aromatic N) is 5. The molecule has 0 unspecified atom stereocenters. The Hall–Kier alpha value is -3.60. The zero-order valence-corrected chi connectivity index (χ0v) is 11.0. The number of ether oxygens (including phenoxy) is 1. The largest absolute Gasteiger partial charge is 0.437 e. The van der Waals surface area contributed by atoms with Crippen LogP contribution in [0.4, 0.5) is 5.69 Å². The Labute approximate surface area is 123 Å². The summed E-state index contributed by atoms with van der Waals surface area (Å²) in [5.41, 5.74) is 0.294. The molecule has 0 saturated carbocycles. The lowest BCUT2D eigenvalue weighted by molar-refractivity contribution is -0.383. The van der Waals surface area contributed by atoms with Crippen molar-refractivity contribution >= 4 is 16.6 Å². The van der Waals surface area contributed by atoms with Gasteiger partial charge in [-0.1, -0.05) is 0 Å². The molecule has 8 nitrogen and oxygen atoms in total. The van der Waals surface area contributed by atoms with Gasteiger partial charge in [-0.3, -0.25) is 10.1 Å². The zero-order chi connectivity index (χ0) is 15.5. The fraction of sp³-hybridized carbons (Fsp3) is 0. The number of rotatable bonds is 3. The summed E-state index contributed by atoms with van der Waals surface area (Å²) in [6, 6.07) is 7.97. The quantitative estimate of drug-likeness (QED) is 0.538. The van der Waals surface area contributed by atoms with E-state index in [0.29, 0.717) is 11.1 Å². The van der Waals surface area contributed by atoms with E-state index in [0.717, 1.165) is 0 Å². The Bertz CT molecular complexity index is 902. The molecule has 0 spiro atoms. The predicted octanol–water partition coefficient (Wildman–Crippen LogP) is 2.60. The summed E-state index contributed by atoms with van der Waals surface area (Å²) in [5.74, 6) is 0.547. The van der Waals surface area contributed by atoms with Gasteiger partial charge in [0.15, 0.2) is 11.2 Å². The molecule has 3 aromatic rings. The molecule has 0 radical (unpaired) electrons. The van der Waals surface area contributed by atoms with E-state index in [4.69, 9.17) is 10.00 Å². The van der Waals surface area contributed by atoms with E-state index in [9.17, 15) is 10.1 Å². The number of non-ortho nitro benzene ring substituents is 1. The van der Waals surface area contributed by atoms with Crippen LogP contribution in [0.1, 0.15) is 5.69 Å². The van der Waals surface area contributed by atoms with Crippen LogP contribution in [0.2, 0.25) is 0 Å². The standard InChI is InChI=1S/C14H7N5O3/c15-6-9-7-18-13(8-17-9)22-12-4-3-11(19(20)21)14-10(12)2-1-5-16-14/h1-5,7-8H. The highest BCUT2D eigenvalue weighted by Crippen LogP contribution is 2.33. The summed E-state index contributed by atoms with van der Waals surface area (Å²) in [6.45, 7) is 0. The van der Waals surface area contributed by atoms with Crippen molar-refractivity contribution in [2.75, 3.05) is 0 Å². The van der Waals surface area contributed by atoms with Gasteiger partial charge in [-0.15, -0.1) is 0 Å². The molecule has 0 fully saturated rings. The third kappa shape index (κ3) is 2.38. The van der Waals surface area contributed by atoms with Crippen molar-refractivity contribution in [3.63, 3.8) is 0 Å². The van der Waals surface area contributed by atoms with Crippen molar-refractivity contribution in [2.24, 2.45) is 0 Å². The Kier molecular flexibility index (Phi) is 3.29. The second kappa shape index (κ2) is 5.41. The summed E-state index contributed by atoms with van der Waals surface area (Å²) in [4.78, 5) is 22.4. The second-order valence-corrected chi connectivity index (χ2v) is 4.19. The van der Waals surface area contributed by atoms with Gasteiger partial charge in [0.1, 0.15) is 11.8 Å². The topological polar surface area (TPSA) is 115 Å². The van der Waals surface area contributed by atoms with E-state index in [1.54, 1.807) is 12.1 Å². The van der Waals surface area contributed by atoms with Gasteiger partial charge in [0.05, 0.1) is 22.7 Å². The molecule has 0 N–H and O–H groups in total. The molecular weight excluding hydrogens is 286 g/mol. The Morgan fingerprint density at radius 3 is 2.73 bits per heavy atom. The molecule has 0 amide bonds. The normalized spacial score (nSPS) is 10.1. The fourth-order valence-electron chi connectivity index (χ4n) is 1.91. The SMILES string of the molecule is N#Cc1cnc(Oc2ccc([N+](=O)[O-])c3ncccc23)cn1.